The van der Waals surface area contributed by atoms with Crippen LogP contribution >= 0.6 is 11.6 Å². The highest BCUT2D eigenvalue weighted by atomic mass is 35.5. The van der Waals surface area contributed by atoms with Gasteiger partial charge in [-0.1, -0.05) is 66.2 Å². The molecule has 214 valence electrons. The predicted molar refractivity (Wildman–Crippen MR) is 164 cm³/mol. The number of carbonyl (C=O) groups excluding carboxylic acids is 3. The molecule has 4 aromatic carbocycles. The Labute approximate surface area is 252 Å². The topological polar surface area (TPSA) is 94.7 Å². The second kappa shape index (κ2) is 10.6. The van der Waals surface area contributed by atoms with Crippen molar-refractivity contribution in [3.63, 3.8) is 0 Å². The minimum atomic E-state index is -0.751. The van der Waals surface area contributed by atoms with Crippen LogP contribution in [0.15, 0.2) is 97.1 Å². The number of imide groups is 1. The predicted octanol–water partition coefficient (Wildman–Crippen LogP) is 6.24. The summed E-state index contributed by atoms with van der Waals surface area (Å²) in [6.07, 6.45) is 0.351. The lowest BCUT2D eigenvalue weighted by molar-refractivity contribution is -0.120. The first kappa shape index (κ1) is 26.8. The Bertz CT molecular complexity index is 1900. The van der Waals surface area contributed by atoms with Gasteiger partial charge in [-0.2, -0.15) is 0 Å². The van der Waals surface area contributed by atoms with Crippen molar-refractivity contribution in [1.29, 1.82) is 0 Å². The molecule has 0 spiro atoms. The van der Waals surface area contributed by atoms with E-state index >= 15 is 0 Å². The van der Waals surface area contributed by atoms with Crippen LogP contribution < -0.4 is 15.0 Å². The Balaban J connectivity index is 1.25. The molecule has 2 N–H and O–H groups in total. The average molecular weight is 591 g/mol. The quantitative estimate of drug-likeness (QED) is 0.229. The number of amides is 4. The SMILES string of the molecule is COc1ccc(CNC(=O)c2ccccc2N2C(=O)C3Cc4c([nH]c5ccccc45)C(c4cccc(Cl)c4)N3C2=O)cc1. The Morgan fingerprint density at radius 3 is 2.53 bits per heavy atom. The fourth-order valence-corrected chi connectivity index (χ4v) is 6.40. The molecule has 3 heterocycles. The van der Waals surface area contributed by atoms with Crippen LogP contribution in [-0.2, 0) is 17.8 Å². The second-order valence-corrected chi connectivity index (χ2v) is 11.1. The summed E-state index contributed by atoms with van der Waals surface area (Å²) in [5.74, 6) is -0.0407. The smallest absolute Gasteiger partial charge is 0.332 e. The summed E-state index contributed by atoms with van der Waals surface area (Å²) >= 11 is 6.41. The molecule has 0 bridgehead atoms. The number of hydrogen-bond donors (Lipinski definition) is 2. The van der Waals surface area contributed by atoms with Gasteiger partial charge in [-0.25, -0.2) is 9.69 Å². The molecule has 1 saturated heterocycles. The van der Waals surface area contributed by atoms with Crippen LogP contribution in [0.2, 0.25) is 5.02 Å². The number of benzene rings is 4. The number of anilines is 1. The van der Waals surface area contributed by atoms with Gasteiger partial charge in [0, 0.05) is 34.6 Å². The normalized spacial score (nSPS) is 17.6. The molecule has 0 saturated carbocycles. The molecule has 2 aliphatic rings. The molecule has 0 radical (unpaired) electrons. The number of carbonyl (C=O) groups is 3. The van der Waals surface area contributed by atoms with Crippen LogP contribution in [0.3, 0.4) is 0 Å². The van der Waals surface area contributed by atoms with E-state index in [1.807, 2.05) is 66.7 Å². The van der Waals surface area contributed by atoms with E-state index in [1.165, 1.54) is 0 Å². The second-order valence-electron chi connectivity index (χ2n) is 10.7. The fraction of sp³-hybridized carbons (Fsp3) is 0.147. The van der Waals surface area contributed by atoms with Crippen molar-refractivity contribution in [2.24, 2.45) is 0 Å². The van der Waals surface area contributed by atoms with Crippen molar-refractivity contribution >= 4 is 46.0 Å². The molecule has 8 nitrogen and oxygen atoms in total. The van der Waals surface area contributed by atoms with Gasteiger partial charge >= 0.3 is 6.03 Å². The Kier molecular flexibility index (Phi) is 6.63. The van der Waals surface area contributed by atoms with Crippen LogP contribution in [0.5, 0.6) is 5.75 Å². The minimum absolute atomic E-state index is 0.237. The highest BCUT2D eigenvalue weighted by Gasteiger charge is 2.53. The van der Waals surface area contributed by atoms with Crippen LogP contribution in [0.4, 0.5) is 10.5 Å². The molecule has 43 heavy (non-hydrogen) atoms. The number of rotatable bonds is 6. The highest BCUT2D eigenvalue weighted by molar-refractivity contribution is 6.30. The maximum absolute atomic E-state index is 14.3. The summed E-state index contributed by atoms with van der Waals surface area (Å²) in [7, 11) is 1.59. The molecule has 0 aliphatic carbocycles. The van der Waals surface area contributed by atoms with Gasteiger partial charge in [-0.15, -0.1) is 0 Å². The van der Waals surface area contributed by atoms with Crippen LogP contribution in [0.1, 0.15) is 38.8 Å². The molecule has 4 amide bonds. The van der Waals surface area contributed by atoms with Crippen molar-refractivity contribution < 1.29 is 19.1 Å². The van der Waals surface area contributed by atoms with Gasteiger partial charge in [0.2, 0.25) is 0 Å². The summed E-state index contributed by atoms with van der Waals surface area (Å²) < 4.78 is 5.21. The monoisotopic (exact) mass is 590 g/mol. The maximum Gasteiger partial charge on any atom is 0.332 e. The summed E-state index contributed by atoms with van der Waals surface area (Å²) in [6, 6.07) is 27.6. The summed E-state index contributed by atoms with van der Waals surface area (Å²) in [5.41, 5.74) is 4.95. The third-order valence-electron chi connectivity index (χ3n) is 8.22. The molecule has 7 rings (SSSR count). The molecule has 1 fully saturated rings. The van der Waals surface area contributed by atoms with Gasteiger partial charge in [-0.3, -0.25) is 14.5 Å². The van der Waals surface area contributed by atoms with Gasteiger partial charge in [0.05, 0.1) is 18.4 Å². The van der Waals surface area contributed by atoms with Crippen molar-refractivity contribution in [2.45, 2.75) is 25.0 Å². The van der Waals surface area contributed by atoms with Crippen molar-refractivity contribution in [1.82, 2.24) is 15.2 Å². The number of halogens is 1. The van der Waals surface area contributed by atoms with Gasteiger partial charge in [0.25, 0.3) is 11.8 Å². The Morgan fingerprint density at radius 1 is 0.977 bits per heavy atom. The van der Waals surface area contributed by atoms with Crippen molar-refractivity contribution in [3.8, 4) is 5.75 Å². The van der Waals surface area contributed by atoms with Gasteiger partial charge < -0.3 is 15.0 Å². The van der Waals surface area contributed by atoms with Gasteiger partial charge in [0.15, 0.2) is 0 Å². The first-order chi connectivity index (χ1) is 20.9. The zero-order valence-corrected chi connectivity index (χ0v) is 24.0. The third kappa shape index (κ3) is 4.51. The van der Waals surface area contributed by atoms with E-state index in [0.717, 1.165) is 43.9 Å². The number of urea groups is 1. The number of H-pyrrole nitrogens is 1. The van der Waals surface area contributed by atoms with E-state index in [2.05, 4.69) is 10.3 Å². The molecule has 1 aromatic heterocycles. The lowest BCUT2D eigenvalue weighted by atomic mass is 9.89. The van der Waals surface area contributed by atoms with Crippen LogP contribution in [0, 0.1) is 0 Å². The van der Waals surface area contributed by atoms with E-state index in [0.29, 0.717) is 11.4 Å². The van der Waals surface area contributed by atoms with Crippen molar-refractivity contribution in [2.75, 3.05) is 12.0 Å². The zero-order valence-electron chi connectivity index (χ0n) is 23.2. The molecule has 2 unspecified atom stereocenters. The van der Waals surface area contributed by atoms with E-state index < -0.39 is 18.1 Å². The van der Waals surface area contributed by atoms with Crippen molar-refractivity contribution in [3.05, 3.63) is 130 Å². The summed E-state index contributed by atoms with van der Waals surface area (Å²) in [4.78, 5) is 48.2. The minimum Gasteiger partial charge on any atom is -0.497 e. The number of aromatic amines is 1. The lowest BCUT2D eigenvalue weighted by Gasteiger charge is -2.36. The number of fused-ring (bicyclic) bond motifs is 4. The molecule has 5 aromatic rings. The zero-order chi connectivity index (χ0) is 29.7. The number of nitrogens with zero attached hydrogens (tertiary/aromatic N) is 2. The van der Waals surface area contributed by atoms with E-state index in [-0.39, 0.29) is 29.6 Å². The molecule has 2 aliphatic heterocycles. The number of aromatic nitrogens is 1. The number of ether oxygens (including phenoxy) is 1. The summed E-state index contributed by atoms with van der Waals surface area (Å²) in [5, 5.41) is 4.47. The average Bonchev–Trinajstić information content (AvgIpc) is 3.52. The molecule has 2 atom stereocenters. The van der Waals surface area contributed by atoms with E-state index in [9.17, 15) is 14.4 Å². The number of nitrogens with one attached hydrogen (secondary N) is 2. The first-order valence-corrected chi connectivity index (χ1v) is 14.3. The standard InChI is InChI=1S/C34H27ClN4O4/c1-43-23-15-13-20(14-16-23)19-36-32(40)25-10-3-5-12-28(25)39-33(41)29-18-26-24-9-2-4-11-27(24)37-30(26)31(38(29)34(39)42)21-7-6-8-22(35)17-21/h2-17,29,31,37H,18-19H2,1H3,(H,36,40). The van der Waals surface area contributed by atoms with E-state index in [1.54, 1.807) is 42.3 Å². The molecular formula is C34H27ClN4O4. The summed E-state index contributed by atoms with van der Waals surface area (Å²) in [6.45, 7) is 0.270. The van der Waals surface area contributed by atoms with Crippen LogP contribution in [-0.4, -0.2) is 40.9 Å². The maximum atomic E-state index is 14.3. The Hall–Kier alpha value is -5.08. The number of hydrogen-bond acceptors (Lipinski definition) is 4. The Morgan fingerprint density at radius 2 is 1.74 bits per heavy atom. The largest absolute Gasteiger partial charge is 0.497 e. The highest BCUT2D eigenvalue weighted by Crippen LogP contribution is 2.45. The van der Waals surface area contributed by atoms with Crippen LogP contribution in [0.25, 0.3) is 10.9 Å². The first-order valence-electron chi connectivity index (χ1n) is 14.0. The van der Waals surface area contributed by atoms with Gasteiger partial charge in [0.1, 0.15) is 17.8 Å². The number of methoxy groups -OCH3 is 1. The molecular weight excluding hydrogens is 564 g/mol. The van der Waals surface area contributed by atoms with Gasteiger partial charge in [-0.05, 0) is 59.2 Å². The fourth-order valence-electron chi connectivity index (χ4n) is 6.20. The third-order valence-corrected chi connectivity index (χ3v) is 8.45. The van der Waals surface area contributed by atoms with E-state index in [4.69, 9.17) is 16.3 Å². The molecule has 9 heteroatoms. The lowest BCUT2D eigenvalue weighted by Crippen LogP contribution is -2.44. The number of para-hydroxylation sites is 2.